The zero-order valence-electron chi connectivity index (χ0n) is 5.39. The summed E-state index contributed by atoms with van der Waals surface area (Å²) in [6.07, 6.45) is -1.31. The van der Waals surface area contributed by atoms with Crippen molar-refractivity contribution >= 4 is 5.84 Å². The Balaban J connectivity index is 2.58. The number of nitrogens with one attached hydrogen (secondary N) is 1. The van der Waals surface area contributed by atoms with Gasteiger partial charge in [0.15, 0.2) is 0 Å². The highest BCUT2D eigenvalue weighted by Gasteiger charge is 2.20. The fourth-order valence-electron chi connectivity index (χ4n) is 0.630. The fraction of sp³-hybridized carbons (Fsp3) is 0.800. The molecule has 0 bridgehead atoms. The van der Waals surface area contributed by atoms with E-state index in [0.29, 0.717) is 5.84 Å². The number of aliphatic imine (C=N–C) groups is 1. The monoisotopic (exact) mass is 132 g/mol. The summed E-state index contributed by atoms with van der Waals surface area (Å²) in [6.45, 7) is 3.39. The molecule has 0 aromatic carbocycles. The van der Waals surface area contributed by atoms with Gasteiger partial charge in [-0.25, -0.2) is 9.23 Å². The molecule has 1 aliphatic rings. The number of hydrogen-bond donors (Lipinski definition) is 1. The minimum atomic E-state index is -1.31. The predicted octanol–water partition coefficient (Wildman–Crippen LogP) is 0.624. The zero-order chi connectivity index (χ0) is 6.85. The van der Waals surface area contributed by atoms with Crippen LogP contribution in [0, 0.1) is 0 Å². The Morgan fingerprint density at radius 2 is 2.44 bits per heavy atom. The first-order valence-corrected chi connectivity index (χ1v) is 2.80. The molecule has 52 valence electrons. The molecule has 0 aliphatic carbocycles. The Bertz CT molecular complexity index is 137. The average molecular weight is 132 g/mol. The maximum atomic E-state index is 12.4. The molecular formula is C5H9FN2O. The second-order valence-electron chi connectivity index (χ2n) is 2.03. The lowest BCUT2D eigenvalue weighted by molar-refractivity contribution is -0.0920. The Morgan fingerprint density at radius 1 is 1.78 bits per heavy atom. The van der Waals surface area contributed by atoms with Gasteiger partial charge in [0.1, 0.15) is 11.9 Å². The van der Waals surface area contributed by atoms with Crippen molar-refractivity contribution < 1.29 is 9.23 Å². The van der Waals surface area contributed by atoms with Crippen molar-refractivity contribution in [2.75, 3.05) is 0 Å². The van der Waals surface area contributed by atoms with Gasteiger partial charge < -0.3 is 0 Å². The van der Waals surface area contributed by atoms with Crippen LogP contribution in [0.2, 0.25) is 0 Å². The van der Waals surface area contributed by atoms with Crippen molar-refractivity contribution in [2.45, 2.75) is 26.2 Å². The number of alkyl halides is 1. The quantitative estimate of drug-likeness (QED) is 0.524. The second kappa shape index (κ2) is 2.31. The normalized spacial score (nSPS) is 35.2. The van der Waals surface area contributed by atoms with Gasteiger partial charge in [0, 0.05) is 0 Å². The lowest BCUT2D eigenvalue weighted by Crippen LogP contribution is -2.37. The third kappa shape index (κ3) is 1.38. The number of rotatable bonds is 0. The molecule has 4 heteroatoms. The summed E-state index contributed by atoms with van der Waals surface area (Å²) in [4.78, 5) is 8.32. The second-order valence-corrected chi connectivity index (χ2v) is 2.03. The SMILES string of the molecule is CC1=NC(C)C(F)ON1. The van der Waals surface area contributed by atoms with E-state index in [9.17, 15) is 4.39 Å². The van der Waals surface area contributed by atoms with Crippen LogP contribution in [0.25, 0.3) is 0 Å². The molecule has 0 aromatic rings. The number of halogens is 1. The van der Waals surface area contributed by atoms with Gasteiger partial charge in [0.05, 0.1) is 0 Å². The Hall–Kier alpha value is -0.640. The first-order valence-electron chi connectivity index (χ1n) is 2.80. The molecule has 1 aliphatic heterocycles. The summed E-state index contributed by atoms with van der Waals surface area (Å²) < 4.78 is 12.4. The molecular weight excluding hydrogens is 123 g/mol. The molecule has 1 heterocycles. The van der Waals surface area contributed by atoms with Crippen molar-refractivity contribution in [3.63, 3.8) is 0 Å². The molecule has 1 rings (SSSR count). The Labute approximate surface area is 52.9 Å². The van der Waals surface area contributed by atoms with E-state index in [1.165, 1.54) is 0 Å². The highest BCUT2D eigenvalue weighted by atomic mass is 19.1. The highest BCUT2D eigenvalue weighted by molar-refractivity contribution is 5.78. The van der Waals surface area contributed by atoms with E-state index in [4.69, 9.17) is 0 Å². The zero-order valence-corrected chi connectivity index (χ0v) is 5.39. The van der Waals surface area contributed by atoms with E-state index in [1.54, 1.807) is 13.8 Å². The van der Waals surface area contributed by atoms with E-state index >= 15 is 0 Å². The van der Waals surface area contributed by atoms with Crippen LogP contribution in [-0.4, -0.2) is 18.2 Å². The number of hydroxylamine groups is 1. The highest BCUT2D eigenvalue weighted by Crippen LogP contribution is 2.07. The molecule has 2 unspecified atom stereocenters. The van der Waals surface area contributed by atoms with Crippen LogP contribution >= 0.6 is 0 Å². The van der Waals surface area contributed by atoms with E-state index in [2.05, 4.69) is 15.3 Å². The van der Waals surface area contributed by atoms with Gasteiger partial charge in [0.2, 0.25) is 6.36 Å². The summed E-state index contributed by atoms with van der Waals surface area (Å²) in [6, 6.07) is -0.383. The van der Waals surface area contributed by atoms with Crippen LogP contribution in [0.5, 0.6) is 0 Å². The molecule has 3 nitrogen and oxygen atoms in total. The maximum absolute atomic E-state index is 12.4. The Morgan fingerprint density at radius 3 is 2.89 bits per heavy atom. The van der Waals surface area contributed by atoms with Gasteiger partial charge in [-0.1, -0.05) is 0 Å². The molecule has 0 aromatic heterocycles. The molecule has 1 N–H and O–H groups in total. The van der Waals surface area contributed by atoms with Gasteiger partial charge >= 0.3 is 0 Å². The molecule has 0 amide bonds. The minimum Gasteiger partial charge on any atom is -0.262 e. The van der Waals surface area contributed by atoms with E-state index in [-0.39, 0.29) is 6.04 Å². The smallest absolute Gasteiger partial charge is 0.245 e. The minimum absolute atomic E-state index is 0.383. The largest absolute Gasteiger partial charge is 0.262 e. The summed E-state index contributed by atoms with van der Waals surface area (Å²) >= 11 is 0. The first-order chi connectivity index (χ1) is 4.20. The van der Waals surface area contributed by atoms with Crippen LogP contribution < -0.4 is 5.48 Å². The van der Waals surface area contributed by atoms with Gasteiger partial charge in [-0.3, -0.25) is 10.5 Å². The van der Waals surface area contributed by atoms with Crippen molar-refractivity contribution in [3.8, 4) is 0 Å². The molecule has 0 radical (unpaired) electrons. The summed E-state index contributed by atoms with van der Waals surface area (Å²) in [5, 5.41) is 0. The van der Waals surface area contributed by atoms with E-state index < -0.39 is 6.36 Å². The predicted molar refractivity (Wildman–Crippen MR) is 31.7 cm³/mol. The van der Waals surface area contributed by atoms with Crippen molar-refractivity contribution in [2.24, 2.45) is 4.99 Å². The summed E-state index contributed by atoms with van der Waals surface area (Å²) in [5.41, 5.74) is 2.34. The average Bonchev–Trinajstić information content (AvgIpc) is 1.80. The molecule has 0 saturated carbocycles. The van der Waals surface area contributed by atoms with Crippen LogP contribution in [0.3, 0.4) is 0 Å². The molecule has 0 fully saturated rings. The Kier molecular flexibility index (Phi) is 1.66. The number of hydrogen-bond acceptors (Lipinski definition) is 3. The van der Waals surface area contributed by atoms with Crippen LogP contribution in [0.15, 0.2) is 4.99 Å². The number of nitrogens with zero attached hydrogens (tertiary/aromatic N) is 1. The molecule has 0 spiro atoms. The van der Waals surface area contributed by atoms with Gasteiger partial charge in [-0.2, -0.15) is 0 Å². The maximum Gasteiger partial charge on any atom is 0.245 e. The third-order valence-electron chi connectivity index (χ3n) is 1.10. The van der Waals surface area contributed by atoms with E-state index in [0.717, 1.165) is 0 Å². The lowest BCUT2D eigenvalue weighted by Gasteiger charge is -2.20. The lowest BCUT2D eigenvalue weighted by atomic mass is 10.3. The fourth-order valence-corrected chi connectivity index (χ4v) is 0.630. The van der Waals surface area contributed by atoms with Crippen molar-refractivity contribution in [1.29, 1.82) is 0 Å². The van der Waals surface area contributed by atoms with Crippen molar-refractivity contribution in [3.05, 3.63) is 0 Å². The van der Waals surface area contributed by atoms with Gasteiger partial charge in [0.25, 0.3) is 0 Å². The summed E-state index contributed by atoms with van der Waals surface area (Å²) in [7, 11) is 0. The van der Waals surface area contributed by atoms with Crippen LogP contribution in [0.1, 0.15) is 13.8 Å². The molecule has 2 atom stereocenters. The van der Waals surface area contributed by atoms with Crippen molar-refractivity contribution in [1.82, 2.24) is 5.48 Å². The molecule has 0 saturated heterocycles. The van der Waals surface area contributed by atoms with E-state index in [1.807, 2.05) is 0 Å². The first kappa shape index (κ1) is 6.48. The van der Waals surface area contributed by atoms with Crippen LogP contribution in [0.4, 0.5) is 4.39 Å². The topological polar surface area (TPSA) is 33.6 Å². The third-order valence-corrected chi connectivity index (χ3v) is 1.10. The number of amidine groups is 1. The standard InChI is InChI=1S/C5H9FN2O/c1-3-5(6)9-8-4(2)7-3/h3,5H,1-2H3,(H,7,8). The van der Waals surface area contributed by atoms with Gasteiger partial charge in [-0.15, -0.1) is 0 Å². The van der Waals surface area contributed by atoms with Crippen LogP contribution in [-0.2, 0) is 4.84 Å². The summed E-state index contributed by atoms with van der Waals surface area (Å²) in [5.74, 6) is 0.622. The van der Waals surface area contributed by atoms with Gasteiger partial charge in [-0.05, 0) is 13.8 Å². The molecule has 9 heavy (non-hydrogen) atoms.